The lowest BCUT2D eigenvalue weighted by molar-refractivity contribution is 0.290. The van der Waals surface area contributed by atoms with Gasteiger partial charge < -0.3 is 0 Å². The molecular weight excluding hydrogens is 310 g/mol. The Hall–Kier alpha value is -1.92. The van der Waals surface area contributed by atoms with Gasteiger partial charge in [0.05, 0.1) is 5.39 Å². The molecule has 0 aromatic carbocycles. The van der Waals surface area contributed by atoms with E-state index in [1.165, 1.54) is 23.0 Å². The molecular formula is C17H21N3O2S. The van der Waals surface area contributed by atoms with E-state index in [-0.39, 0.29) is 17.3 Å². The van der Waals surface area contributed by atoms with E-state index in [0.29, 0.717) is 5.39 Å². The van der Waals surface area contributed by atoms with Crippen molar-refractivity contribution >= 4 is 33.7 Å². The van der Waals surface area contributed by atoms with Crippen molar-refractivity contribution in [3.63, 3.8) is 0 Å². The highest BCUT2D eigenvalue weighted by Gasteiger charge is 2.20. The number of likely N-dealkylation sites (N-methyl/N-ethyl adjacent to an activating group) is 1. The Morgan fingerprint density at radius 1 is 1.09 bits per heavy atom. The van der Waals surface area contributed by atoms with Gasteiger partial charge in [-0.3, -0.25) is 18.8 Å². The third-order valence-corrected chi connectivity index (χ3v) is 5.74. The van der Waals surface area contributed by atoms with Crippen molar-refractivity contribution in [2.45, 2.75) is 19.9 Å². The summed E-state index contributed by atoms with van der Waals surface area (Å²) in [7, 11) is 3.25. The zero-order chi connectivity index (χ0) is 16.7. The van der Waals surface area contributed by atoms with Gasteiger partial charge in [-0.05, 0) is 19.2 Å². The van der Waals surface area contributed by atoms with Crippen LogP contribution in [0.1, 0.15) is 24.3 Å². The van der Waals surface area contributed by atoms with Crippen molar-refractivity contribution in [2.75, 3.05) is 13.1 Å². The Kier molecular flexibility index (Phi) is 4.12. The first-order chi connectivity index (χ1) is 11.0. The molecule has 2 aromatic heterocycles. The fourth-order valence-electron chi connectivity index (χ4n) is 3.08. The molecule has 0 saturated carbocycles. The van der Waals surface area contributed by atoms with Crippen LogP contribution in [0.15, 0.2) is 21.7 Å². The van der Waals surface area contributed by atoms with Crippen LogP contribution in [0.2, 0.25) is 0 Å². The van der Waals surface area contributed by atoms with E-state index in [0.717, 1.165) is 28.4 Å². The maximum atomic E-state index is 12.6. The Morgan fingerprint density at radius 3 is 2.39 bits per heavy atom. The maximum Gasteiger partial charge on any atom is 0.331 e. The molecule has 5 nitrogen and oxygen atoms in total. The molecule has 23 heavy (non-hydrogen) atoms. The minimum Gasteiger partial charge on any atom is -0.294 e. The lowest BCUT2D eigenvalue weighted by atomic mass is 10.1. The van der Waals surface area contributed by atoms with Crippen LogP contribution >= 0.6 is 11.3 Å². The topological polar surface area (TPSA) is 47.2 Å². The Labute approximate surface area is 138 Å². The fourth-order valence-corrected chi connectivity index (χ4v) is 4.23. The summed E-state index contributed by atoms with van der Waals surface area (Å²) in [6.45, 7) is 6.24. The number of aromatic nitrogens is 2. The van der Waals surface area contributed by atoms with E-state index in [1.54, 1.807) is 11.6 Å². The third-order valence-electron chi connectivity index (χ3n) is 4.49. The molecule has 0 spiro atoms. The second-order valence-corrected chi connectivity index (χ2v) is 6.73. The number of hydrogen-bond donors (Lipinski definition) is 0. The summed E-state index contributed by atoms with van der Waals surface area (Å²) in [5.74, 6) is 0. The van der Waals surface area contributed by atoms with Crippen molar-refractivity contribution in [1.29, 1.82) is 0 Å². The van der Waals surface area contributed by atoms with Crippen LogP contribution in [0, 0.1) is 0 Å². The molecule has 1 aliphatic carbocycles. The van der Waals surface area contributed by atoms with Gasteiger partial charge in [-0.25, -0.2) is 4.79 Å². The first-order valence-corrected chi connectivity index (χ1v) is 8.64. The van der Waals surface area contributed by atoms with E-state index in [2.05, 4.69) is 37.0 Å². The van der Waals surface area contributed by atoms with Gasteiger partial charge in [0.2, 0.25) is 0 Å². The van der Waals surface area contributed by atoms with E-state index >= 15 is 0 Å². The van der Waals surface area contributed by atoms with E-state index in [4.69, 9.17) is 0 Å². The highest BCUT2D eigenvalue weighted by molar-refractivity contribution is 7.19. The molecule has 1 atom stereocenters. The van der Waals surface area contributed by atoms with Gasteiger partial charge in [-0.15, -0.1) is 11.3 Å². The van der Waals surface area contributed by atoms with E-state index in [1.807, 2.05) is 6.08 Å². The van der Waals surface area contributed by atoms with Crippen LogP contribution in [0.25, 0.3) is 22.4 Å². The average Bonchev–Trinajstić information content (AvgIpc) is 2.80. The number of hydrogen-bond acceptors (Lipinski definition) is 4. The van der Waals surface area contributed by atoms with E-state index < -0.39 is 0 Å². The number of rotatable bonds is 3. The summed E-state index contributed by atoms with van der Waals surface area (Å²) < 4.78 is 2.74. The largest absolute Gasteiger partial charge is 0.331 e. The van der Waals surface area contributed by atoms with Gasteiger partial charge in [-0.2, -0.15) is 0 Å². The Balaban J connectivity index is 2.23. The third kappa shape index (κ3) is 2.42. The Morgan fingerprint density at radius 2 is 1.74 bits per heavy atom. The van der Waals surface area contributed by atoms with Gasteiger partial charge in [0.1, 0.15) is 4.83 Å². The first kappa shape index (κ1) is 16.0. The smallest absolute Gasteiger partial charge is 0.294 e. The zero-order valence-electron chi connectivity index (χ0n) is 13.9. The molecule has 0 N–H and O–H groups in total. The molecule has 0 radical (unpaired) electrons. The van der Waals surface area contributed by atoms with Gasteiger partial charge in [0.25, 0.3) is 5.56 Å². The second-order valence-electron chi connectivity index (χ2n) is 5.70. The van der Waals surface area contributed by atoms with Crippen LogP contribution in [0.5, 0.6) is 0 Å². The molecule has 6 heteroatoms. The Bertz CT molecular complexity index is 926. The van der Waals surface area contributed by atoms with Crippen molar-refractivity contribution in [2.24, 2.45) is 14.1 Å². The quantitative estimate of drug-likeness (QED) is 0.865. The fraction of sp³-hybridized carbons (Fsp3) is 0.412. The lowest BCUT2D eigenvalue weighted by Crippen LogP contribution is -2.36. The van der Waals surface area contributed by atoms with Crippen LogP contribution in [0.3, 0.4) is 0 Å². The van der Waals surface area contributed by atoms with E-state index in [9.17, 15) is 9.59 Å². The highest BCUT2D eigenvalue weighted by atomic mass is 32.1. The molecule has 0 aliphatic heterocycles. The van der Waals surface area contributed by atoms with Gasteiger partial charge in [0.15, 0.2) is 0 Å². The lowest BCUT2D eigenvalue weighted by Gasteiger charge is -2.23. The van der Waals surface area contributed by atoms with Gasteiger partial charge in [0, 0.05) is 30.6 Å². The maximum absolute atomic E-state index is 12.6. The molecule has 0 saturated heterocycles. The summed E-state index contributed by atoms with van der Waals surface area (Å²) in [6.07, 6.45) is 8.40. The molecule has 2 heterocycles. The molecule has 0 fully saturated rings. The average molecular weight is 331 g/mol. The molecule has 3 rings (SSSR count). The summed E-state index contributed by atoms with van der Waals surface area (Å²) in [4.78, 5) is 28.8. The normalized spacial score (nSPS) is 17.0. The van der Waals surface area contributed by atoms with Crippen LogP contribution < -0.4 is 11.2 Å². The summed E-state index contributed by atoms with van der Waals surface area (Å²) in [5, 5.41) is 0.635. The molecule has 122 valence electrons. The minimum absolute atomic E-state index is 0.222. The summed E-state index contributed by atoms with van der Waals surface area (Å²) >= 11 is 1.50. The number of thiophene rings is 1. The van der Waals surface area contributed by atoms with Crippen molar-refractivity contribution in [1.82, 2.24) is 14.0 Å². The molecule has 1 unspecified atom stereocenters. The zero-order valence-corrected chi connectivity index (χ0v) is 14.7. The monoisotopic (exact) mass is 331 g/mol. The standard InChI is InChI=1S/C17H21N3O2S/c1-5-20(6-2)11-7-9-12-13(10-8-11)23-16-14(12)15(21)18(3)17(22)19(16)4/h7-11H,5-6H2,1-4H3. The predicted molar refractivity (Wildman–Crippen MR) is 97.1 cm³/mol. The SMILES string of the molecule is CCN(CC)C1C=Cc2sc3c(c2C=C1)c(=O)n(C)c(=O)n3C. The highest BCUT2D eigenvalue weighted by Crippen LogP contribution is 2.32. The first-order valence-electron chi connectivity index (χ1n) is 7.82. The number of nitrogens with zero attached hydrogens (tertiary/aromatic N) is 3. The van der Waals surface area contributed by atoms with Crippen LogP contribution in [-0.4, -0.2) is 33.2 Å². The van der Waals surface area contributed by atoms with Crippen LogP contribution in [-0.2, 0) is 14.1 Å². The van der Waals surface area contributed by atoms with Crippen LogP contribution in [0.4, 0.5) is 0 Å². The van der Waals surface area contributed by atoms with Crippen molar-refractivity contribution in [3.8, 4) is 0 Å². The predicted octanol–water partition coefficient (Wildman–Crippen LogP) is 2.05. The minimum atomic E-state index is -0.284. The molecule has 0 amide bonds. The van der Waals surface area contributed by atoms with Gasteiger partial charge in [-0.1, -0.05) is 32.1 Å². The second kappa shape index (κ2) is 5.94. The summed E-state index contributed by atoms with van der Waals surface area (Å²) in [5.41, 5.74) is 0.417. The van der Waals surface area contributed by atoms with Crippen molar-refractivity contribution in [3.05, 3.63) is 43.4 Å². The van der Waals surface area contributed by atoms with Crippen molar-refractivity contribution < 1.29 is 0 Å². The molecule has 2 aromatic rings. The van der Waals surface area contributed by atoms with Gasteiger partial charge >= 0.3 is 5.69 Å². The number of aryl methyl sites for hydroxylation is 1. The molecule has 0 bridgehead atoms. The summed E-state index contributed by atoms with van der Waals surface area (Å²) in [6, 6.07) is 0.232. The molecule has 1 aliphatic rings. The number of fused-ring (bicyclic) bond motifs is 3.